The Morgan fingerprint density at radius 2 is 2.00 bits per heavy atom. The van der Waals surface area contributed by atoms with Gasteiger partial charge in [-0.1, -0.05) is 41.9 Å². The zero-order chi connectivity index (χ0) is 10.1. The first-order valence-electron chi connectivity index (χ1n) is 5.07. The van der Waals surface area contributed by atoms with Gasteiger partial charge >= 0.3 is 0 Å². The van der Waals surface area contributed by atoms with E-state index in [4.69, 9.17) is 0 Å². The smallest absolute Gasteiger partial charge is 0.129 e. The number of carbonyl (C=O) groups is 1. The molecule has 0 N–H and O–H groups in total. The van der Waals surface area contributed by atoms with Crippen LogP contribution in [0.5, 0.6) is 0 Å². The maximum absolute atomic E-state index is 10.6. The number of ketones is 1. The summed E-state index contributed by atoms with van der Waals surface area (Å²) in [5.41, 5.74) is 0. The van der Waals surface area contributed by atoms with E-state index in [1.54, 1.807) is 6.92 Å². The summed E-state index contributed by atoms with van der Waals surface area (Å²) in [7, 11) is 3.96. The van der Waals surface area contributed by atoms with Crippen LogP contribution in [-0.2, 0) is 4.79 Å². The summed E-state index contributed by atoms with van der Waals surface area (Å²) >= 11 is 0. The van der Waals surface area contributed by atoms with Crippen LogP contribution in [0.15, 0.2) is 0 Å². The van der Waals surface area contributed by atoms with Crippen LogP contribution in [0.25, 0.3) is 0 Å². The van der Waals surface area contributed by atoms with Crippen molar-refractivity contribution in [1.82, 2.24) is 0 Å². The molecule has 1 nitrogen and oxygen atoms in total. The lowest BCUT2D eigenvalue weighted by atomic mass is 10.1. The van der Waals surface area contributed by atoms with Crippen molar-refractivity contribution in [2.24, 2.45) is 0 Å². The zero-order valence-corrected chi connectivity index (χ0v) is 10.5. The number of hydrogen-bond donors (Lipinski definition) is 0. The second kappa shape index (κ2) is 8.95. The van der Waals surface area contributed by atoms with E-state index < -0.39 is 0 Å². The second-order valence-electron chi connectivity index (χ2n) is 2.95. The Morgan fingerprint density at radius 1 is 1.38 bits per heavy atom. The lowest BCUT2D eigenvalue weighted by Crippen LogP contribution is -2.11. The number of unbranched alkanes of at least 4 members (excludes halogenated alkanes) is 1. The van der Waals surface area contributed by atoms with Gasteiger partial charge in [-0.05, 0) is 19.8 Å². The van der Waals surface area contributed by atoms with Crippen molar-refractivity contribution in [2.45, 2.75) is 51.7 Å². The quantitative estimate of drug-likeness (QED) is 0.516. The van der Waals surface area contributed by atoms with Gasteiger partial charge in [-0.3, -0.25) is 0 Å². The van der Waals surface area contributed by atoms with Crippen molar-refractivity contribution < 1.29 is 4.79 Å². The van der Waals surface area contributed by atoms with Crippen LogP contribution in [0, 0.1) is 0 Å². The van der Waals surface area contributed by atoms with Gasteiger partial charge in [0, 0.05) is 17.4 Å². The van der Waals surface area contributed by atoms with Crippen molar-refractivity contribution in [2.75, 3.05) is 5.75 Å². The number of hydrogen-bond acceptors (Lipinski definition) is 3. The Hall–Kier alpha value is 0.370. The van der Waals surface area contributed by atoms with Gasteiger partial charge in [0.15, 0.2) is 0 Å². The van der Waals surface area contributed by atoms with Gasteiger partial charge in [-0.15, -0.1) is 0 Å². The minimum atomic E-state index is 0.334. The molecule has 0 unspecified atom stereocenters. The van der Waals surface area contributed by atoms with Crippen molar-refractivity contribution in [3.8, 4) is 0 Å². The molecule has 1 aliphatic rings. The van der Waals surface area contributed by atoms with E-state index in [0.717, 1.165) is 18.1 Å². The molecule has 13 heavy (non-hydrogen) atoms. The fourth-order valence-corrected chi connectivity index (χ4v) is 3.07. The molecule has 1 heterocycles. The standard InChI is InChI=1S/C8H14OS2.C2H6/c1-7(9)4-2-3-5-8-6-10-11-8;1-2/h8H,2-6H2,1H3;1-2H3/t8-;/m1./s1. The van der Waals surface area contributed by atoms with Crippen LogP contribution in [0.1, 0.15) is 46.5 Å². The van der Waals surface area contributed by atoms with E-state index in [0.29, 0.717) is 5.78 Å². The predicted molar refractivity (Wildman–Crippen MR) is 64.3 cm³/mol. The summed E-state index contributed by atoms with van der Waals surface area (Å²) in [6, 6.07) is 0. The number of carbonyl (C=O) groups excluding carboxylic acids is 1. The summed E-state index contributed by atoms with van der Waals surface area (Å²) in [5.74, 6) is 1.66. The molecule has 78 valence electrons. The molecule has 1 aliphatic heterocycles. The van der Waals surface area contributed by atoms with Crippen LogP contribution in [-0.4, -0.2) is 16.8 Å². The van der Waals surface area contributed by atoms with Crippen LogP contribution in [0.3, 0.4) is 0 Å². The molecule has 1 saturated heterocycles. The third kappa shape index (κ3) is 7.44. The lowest BCUT2D eigenvalue weighted by molar-refractivity contribution is -0.117. The molecular formula is C10H20OS2. The molecule has 0 amide bonds. The summed E-state index contributed by atoms with van der Waals surface area (Å²) in [6.45, 7) is 5.67. The molecule has 0 aromatic carbocycles. The van der Waals surface area contributed by atoms with Gasteiger partial charge in [0.2, 0.25) is 0 Å². The van der Waals surface area contributed by atoms with E-state index in [2.05, 4.69) is 0 Å². The molecule has 0 saturated carbocycles. The minimum Gasteiger partial charge on any atom is -0.300 e. The van der Waals surface area contributed by atoms with Gasteiger partial charge in [-0.25, -0.2) is 0 Å². The van der Waals surface area contributed by atoms with Gasteiger partial charge in [0.1, 0.15) is 5.78 Å². The first-order valence-corrected chi connectivity index (χ1v) is 7.45. The highest BCUT2D eigenvalue weighted by molar-refractivity contribution is 8.79. The van der Waals surface area contributed by atoms with Crippen molar-refractivity contribution in [3.63, 3.8) is 0 Å². The molecule has 1 fully saturated rings. The van der Waals surface area contributed by atoms with Gasteiger partial charge in [-0.2, -0.15) is 0 Å². The fourth-order valence-electron chi connectivity index (χ4n) is 1.04. The first-order chi connectivity index (χ1) is 6.29. The molecule has 0 bridgehead atoms. The molecule has 0 aromatic rings. The Kier molecular flexibility index (Phi) is 9.20. The van der Waals surface area contributed by atoms with Crippen LogP contribution in [0.2, 0.25) is 0 Å². The van der Waals surface area contributed by atoms with Crippen molar-refractivity contribution >= 4 is 27.4 Å². The highest BCUT2D eigenvalue weighted by atomic mass is 33.1. The number of rotatable bonds is 5. The molecule has 0 spiro atoms. The van der Waals surface area contributed by atoms with Crippen LogP contribution < -0.4 is 0 Å². The van der Waals surface area contributed by atoms with Gasteiger partial charge in [0.25, 0.3) is 0 Å². The lowest BCUT2D eigenvalue weighted by Gasteiger charge is -2.22. The number of Topliss-reactive ketones (excluding diaryl/α,β-unsaturated/α-hetero) is 1. The SMILES string of the molecule is CC.CC(=O)CCCC[C@@H]1CSS1. The first kappa shape index (κ1) is 13.4. The third-order valence-electron chi connectivity index (χ3n) is 1.76. The summed E-state index contributed by atoms with van der Waals surface area (Å²) in [5, 5.41) is 0.895. The Morgan fingerprint density at radius 3 is 2.38 bits per heavy atom. The monoisotopic (exact) mass is 220 g/mol. The summed E-state index contributed by atoms with van der Waals surface area (Å²) in [4.78, 5) is 10.6. The van der Waals surface area contributed by atoms with E-state index in [1.807, 2.05) is 35.4 Å². The van der Waals surface area contributed by atoms with E-state index in [-0.39, 0.29) is 0 Å². The maximum atomic E-state index is 10.6. The molecular weight excluding hydrogens is 200 g/mol. The normalized spacial score (nSPS) is 19.8. The average molecular weight is 220 g/mol. The van der Waals surface area contributed by atoms with Crippen LogP contribution >= 0.6 is 21.6 Å². The van der Waals surface area contributed by atoms with E-state index in [9.17, 15) is 4.79 Å². The molecule has 1 rings (SSSR count). The highest BCUT2D eigenvalue weighted by Crippen LogP contribution is 2.42. The summed E-state index contributed by atoms with van der Waals surface area (Å²) < 4.78 is 0. The summed E-state index contributed by atoms with van der Waals surface area (Å²) in [6.07, 6.45) is 4.42. The Bertz CT molecular complexity index is 133. The fraction of sp³-hybridized carbons (Fsp3) is 0.900. The zero-order valence-electron chi connectivity index (χ0n) is 8.84. The molecule has 0 radical (unpaired) electrons. The topological polar surface area (TPSA) is 17.1 Å². The van der Waals surface area contributed by atoms with Crippen LogP contribution in [0.4, 0.5) is 0 Å². The third-order valence-corrected chi connectivity index (χ3v) is 4.96. The highest BCUT2D eigenvalue weighted by Gasteiger charge is 2.18. The molecule has 3 heteroatoms. The second-order valence-corrected chi connectivity index (χ2v) is 5.66. The Labute approximate surface area is 89.8 Å². The minimum absolute atomic E-state index is 0.334. The largest absolute Gasteiger partial charge is 0.300 e. The van der Waals surface area contributed by atoms with Gasteiger partial charge < -0.3 is 4.79 Å². The Balaban J connectivity index is 0.000000671. The molecule has 1 atom stereocenters. The van der Waals surface area contributed by atoms with Crippen molar-refractivity contribution in [1.29, 1.82) is 0 Å². The van der Waals surface area contributed by atoms with Crippen molar-refractivity contribution in [3.05, 3.63) is 0 Å². The van der Waals surface area contributed by atoms with E-state index >= 15 is 0 Å². The van der Waals surface area contributed by atoms with Gasteiger partial charge in [0.05, 0.1) is 0 Å². The predicted octanol–water partition coefficient (Wildman–Crippen LogP) is 3.93. The molecule has 0 aromatic heterocycles. The average Bonchev–Trinajstić information content (AvgIpc) is 2.04. The molecule has 0 aliphatic carbocycles. The maximum Gasteiger partial charge on any atom is 0.129 e. The van der Waals surface area contributed by atoms with E-state index in [1.165, 1.54) is 18.6 Å².